The summed E-state index contributed by atoms with van der Waals surface area (Å²) in [5, 5.41) is -4.79. The van der Waals surface area contributed by atoms with Crippen LogP contribution in [0.1, 0.15) is 17.5 Å². The molecule has 2 aromatic carbocycles. The Balaban J connectivity index is 1.71. The Morgan fingerprint density at radius 1 is 0.893 bits per heavy atom. The van der Waals surface area contributed by atoms with E-state index in [9.17, 15) is 22.0 Å². The predicted octanol–water partition coefficient (Wildman–Crippen LogP) is 6.05. The largest absolute Gasteiger partial charge is 0.465 e. The highest BCUT2D eigenvalue weighted by Crippen LogP contribution is 2.45. The molecule has 28 heavy (non-hydrogen) atoms. The Kier molecular flexibility index (Phi) is 6.19. The zero-order valence-corrected chi connectivity index (χ0v) is 16.2. The van der Waals surface area contributed by atoms with E-state index in [1.165, 1.54) is 18.2 Å². The first kappa shape index (κ1) is 20.9. The summed E-state index contributed by atoms with van der Waals surface area (Å²) in [6.07, 6.45) is -3.32. The maximum Gasteiger partial charge on any atom is 0.465 e. The molecule has 152 valence electrons. The summed E-state index contributed by atoms with van der Waals surface area (Å²) in [7, 11) is 1.26. The molecule has 0 saturated carbocycles. The molecule has 0 atom stereocenters. The first-order valence-electron chi connectivity index (χ1n) is 8.97. The van der Waals surface area contributed by atoms with E-state index in [1.807, 2.05) is 36.4 Å². The summed E-state index contributed by atoms with van der Waals surface area (Å²) >= 11 is -0.473. The molecule has 2 nitrogen and oxygen atoms in total. The topological polar surface area (TPSA) is 6.48 Å². The van der Waals surface area contributed by atoms with E-state index in [-0.39, 0.29) is 6.54 Å². The summed E-state index contributed by atoms with van der Waals surface area (Å²) in [5.74, 6) is 0. The molecular formula is C20H21F5N2S. The normalized spacial score (nSPS) is 14.6. The van der Waals surface area contributed by atoms with Crippen molar-refractivity contribution < 1.29 is 22.0 Å². The highest BCUT2D eigenvalue weighted by atomic mass is 32.2. The van der Waals surface area contributed by atoms with Gasteiger partial charge in [-0.3, -0.25) is 0 Å². The number of hydrogen-bond donors (Lipinski definition) is 0. The quantitative estimate of drug-likeness (QED) is 0.418. The maximum atomic E-state index is 13.2. The van der Waals surface area contributed by atoms with Gasteiger partial charge in [0.15, 0.2) is 0 Å². The van der Waals surface area contributed by atoms with Crippen LogP contribution >= 0.6 is 11.9 Å². The Bertz CT molecular complexity index is 762. The van der Waals surface area contributed by atoms with Crippen LogP contribution in [0.5, 0.6) is 0 Å². The number of rotatable bonds is 6. The smallest absolute Gasteiger partial charge is 0.341 e. The molecule has 0 saturated heterocycles. The lowest BCUT2D eigenvalue weighted by Crippen LogP contribution is -2.36. The average Bonchev–Trinajstić information content (AvgIpc) is 2.78. The molecule has 1 heterocycles. The zero-order chi connectivity index (χ0) is 20.4. The second-order valence-corrected chi connectivity index (χ2v) is 8.04. The fourth-order valence-electron chi connectivity index (χ4n) is 3.36. The lowest BCUT2D eigenvalue weighted by Gasteiger charge is -2.28. The fraction of sp³-hybridized carbons (Fsp3) is 0.400. The Labute approximate surface area is 165 Å². The predicted molar refractivity (Wildman–Crippen MR) is 103 cm³/mol. The van der Waals surface area contributed by atoms with Crippen molar-refractivity contribution in [1.29, 1.82) is 0 Å². The number of anilines is 2. The third-order valence-electron chi connectivity index (χ3n) is 4.68. The second kappa shape index (κ2) is 8.29. The molecule has 0 unspecified atom stereocenters. The summed E-state index contributed by atoms with van der Waals surface area (Å²) in [6.45, 7) is 0.633. The third-order valence-corrected chi connectivity index (χ3v) is 5.64. The highest BCUT2D eigenvalue weighted by molar-refractivity contribution is 7.98. The third kappa shape index (κ3) is 4.60. The van der Waals surface area contributed by atoms with Gasteiger partial charge in [-0.05, 0) is 49.6 Å². The van der Waals surface area contributed by atoms with Gasteiger partial charge in [0.05, 0.1) is 0 Å². The van der Waals surface area contributed by atoms with Gasteiger partial charge in [-0.2, -0.15) is 22.0 Å². The van der Waals surface area contributed by atoms with Crippen molar-refractivity contribution in [1.82, 2.24) is 4.31 Å². The van der Waals surface area contributed by atoms with Crippen LogP contribution in [0.25, 0.3) is 0 Å². The number of fused-ring (bicyclic) bond motifs is 2. The van der Waals surface area contributed by atoms with Crippen LogP contribution in [-0.4, -0.2) is 35.9 Å². The second-order valence-electron chi connectivity index (χ2n) is 6.72. The van der Waals surface area contributed by atoms with Crippen LogP contribution in [0.4, 0.5) is 33.3 Å². The Morgan fingerprint density at radius 2 is 1.39 bits per heavy atom. The number of alkyl halides is 5. The molecule has 0 radical (unpaired) electrons. The van der Waals surface area contributed by atoms with Gasteiger partial charge in [0.25, 0.3) is 0 Å². The number of nitrogens with zero attached hydrogens (tertiary/aromatic N) is 2. The summed E-state index contributed by atoms with van der Waals surface area (Å²) < 4.78 is 64.5. The number of aryl methyl sites for hydroxylation is 2. The van der Waals surface area contributed by atoms with E-state index >= 15 is 0 Å². The SMILES string of the molecule is CN(CCCN1c2ccccc2CCc2ccccc21)SC(F)(F)C(F)(F)F. The molecule has 0 fully saturated rings. The van der Waals surface area contributed by atoms with Crippen molar-refractivity contribution in [2.45, 2.75) is 30.7 Å². The van der Waals surface area contributed by atoms with Gasteiger partial charge >= 0.3 is 11.4 Å². The van der Waals surface area contributed by atoms with Gasteiger partial charge in [-0.25, -0.2) is 4.31 Å². The zero-order valence-electron chi connectivity index (χ0n) is 15.3. The minimum atomic E-state index is -5.56. The van der Waals surface area contributed by atoms with Gasteiger partial charge in [0.1, 0.15) is 0 Å². The monoisotopic (exact) mass is 416 g/mol. The van der Waals surface area contributed by atoms with Crippen molar-refractivity contribution in [3.05, 3.63) is 59.7 Å². The molecule has 8 heteroatoms. The van der Waals surface area contributed by atoms with Crippen LogP contribution in [0.2, 0.25) is 0 Å². The number of para-hydroxylation sites is 2. The molecule has 1 aliphatic heterocycles. The standard InChI is InChI=1S/C20H21F5N2S/c1-26(28-20(24,25)19(21,22)23)13-6-14-27-17-9-4-2-7-15(17)11-12-16-8-3-5-10-18(16)27/h2-5,7-10H,6,11-14H2,1H3. The van der Waals surface area contributed by atoms with Crippen molar-refractivity contribution in [2.24, 2.45) is 0 Å². The van der Waals surface area contributed by atoms with Crippen LogP contribution in [-0.2, 0) is 12.8 Å². The fourth-order valence-corrected chi connectivity index (χ4v) is 4.07. The number of halogens is 5. The van der Waals surface area contributed by atoms with Gasteiger partial charge in [-0.1, -0.05) is 36.4 Å². The Morgan fingerprint density at radius 3 is 1.89 bits per heavy atom. The molecule has 0 aliphatic carbocycles. The summed E-state index contributed by atoms with van der Waals surface area (Å²) in [4.78, 5) is 2.14. The van der Waals surface area contributed by atoms with Gasteiger partial charge in [0.2, 0.25) is 0 Å². The van der Waals surface area contributed by atoms with Gasteiger partial charge < -0.3 is 4.90 Å². The van der Waals surface area contributed by atoms with E-state index < -0.39 is 23.4 Å². The van der Waals surface area contributed by atoms with Crippen molar-refractivity contribution in [2.75, 3.05) is 25.0 Å². The first-order valence-corrected chi connectivity index (χ1v) is 9.74. The van der Waals surface area contributed by atoms with E-state index in [2.05, 4.69) is 17.0 Å². The van der Waals surface area contributed by atoms with Crippen LogP contribution in [0, 0.1) is 0 Å². The minimum absolute atomic E-state index is 0.108. The highest BCUT2D eigenvalue weighted by Gasteiger charge is 2.59. The van der Waals surface area contributed by atoms with E-state index in [4.69, 9.17) is 0 Å². The first-order chi connectivity index (χ1) is 13.2. The summed E-state index contributed by atoms with van der Waals surface area (Å²) in [6, 6.07) is 16.0. The molecule has 0 amide bonds. The molecule has 0 N–H and O–H groups in total. The molecule has 0 aromatic heterocycles. The van der Waals surface area contributed by atoms with Crippen LogP contribution in [0.3, 0.4) is 0 Å². The average molecular weight is 416 g/mol. The molecule has 1 aliphatic rings. The van der Waals surface area contributed by atoms with Crippen molar-refractivity contribution in [3.63, 3.8) is 0 Å². The van der Waals surface area contributed by atoms with Crippen molar-refractivity contribution in [3.8, 4) is 0 Å². The Hall–Kier alpha value is -1.80. The molecular weight excluding hydrogens is 395 g/mol. The number of hydrogen-bond acceptors (Lipinski definition) is 3. The lowest BCUT2D eigenvalue weighted by molar-refractivity contribution is -0.238. The maximum absolute atomic E-state index is 13.2. The van der Waals surface area contributed by atoms with E-state index in [0.29, 0.717) is 13.0 Å². The van der Waals surface area contributed by atoms with Gasteiger partial charge in [0, 0.05) is 36.4 Å². The van der Waals surface area contributed by atoms with Crippen LogP contribution in [0.15, 0.2) is 48.5 Å². The van der Waals surface area contributed by atoms with E-state index in [1.54, 1.807) is 0 Å². The van der Waals surface area contributed by atoms with E-state index in [0.717, 1.165) is 28.5 Å². The van der Waals surface area contributed by atoms with Crippen molar-refractivity contribution >= 4 is 23.3 Å². The minimum Gasteiger partial charge on any atom is -0.341 e. The number of benzene rings is 2. The molecule has 0 bridgehead atoms. The lowest BCUT2D eigenvalue weighted by atomic mass is 10.0. The van der Waals surface area contributed by atoms with Gasteiger partial charge in [-0.15, -0.1) is 0 Å². The molecule has 2 aromatic rings. The summed E-state index contributed by atoms with van der Waals surface area (Å²) in [5.41, 5.74) is 4.52. The molecule has 0 spiro atoms. The van der Waals surface area contributed by atoms with Crippen LogP contribution < -0.4 is 4.90 Å². The molecule has 3 rings (SSSR count).